The number of hydrogen-bond donors (Lipinski definition) is 0. The lowest BCUT2D eigenvalue weighted by atomic mass is 9.82. The van der Waals surface area contributed by atoms with E-state index in [9.17, 15) is 0 Å². The van der Waals surface area contributed by atoms with Crippen LogP contribution in [0.15, 0.2) is 182 Å². The topological polar surface area (TPSA) is 30.2 Å². The average Bonchev–Trinajstić information content (AvgIpc) is 3.88. The van der Waals surface area contributed by atoms with Crippen LogP contribution in [-0.4, -0.2) is 14.4 Å². The van der Waals surface area contributed by atoms with Gasteiger partial charge < -0.3 is 4.40 Å². The first-order valence-electron chi connectivity index (χ1n) is 20.5. The van der Waals surface area contributed by atoms with Crippen molar-refractivity contribution in [3.63, 3.8) is 0 Å². The van der Waals surface area contributed by atoms with Crippen molar-refractivity contribution in [2.45, 2.75) is 26.2 Å². The van der Waals surface area contributed by atoms with E-state index in [1.807, 2.05) is 12.1 Å². The van der Waals surface area contributed by atoms with E-state index in [0.717, 1.165) is 33.9 Å². The molecule has 8 aromatic carbocycles. The lowest BCUT2D eigenvalue weighted by molar-refractivity contribution is 0.660. The van der Waals surface area contributed by atoms with Crippen LogP contribution in [0.4, 0.5) is 0 Å². The number of aryl methyl sites for hydroxylation is 1. The van der Waals surface area contributed by atoms with Gasteiger partial charge in [-0.3, -0.25) is 0 Å². The van der Waals surface area contributed by atoms with Crippen molar-refractivity contribution in [1.29, 1.82) is 0 Å². The summed E-state index contributed by atoms with van der Waals surface area (Å²) >= 11 is 0. The summed E-state index contributed by atoms with van der Waals surface area (Å²) in [6.07, 6.45) is 0. The highest BCUT2D eigenvalue weighted by atomic mass is 14.9. The normalized spacial score (nSPS) is 13.1. The Morgan fingerprint density at radius 1 is 0.390 bits per heavy atom. The molecule has 0 saturated heterocycles. The number of benzene rings is 8. The maximum Gasteiger partial charge on any atom is 0.160 e. The number of nitrogens with zero attached hydrogens (tertiary/aromatic N) is 3. The Morgan fingerprint density at radius 3 is 1.63 bits per heavy atom. The van der Waals surface area contributed by atoms with Gasteiger partial charge >= 0.3 is 0 Å². The van der Waals surface area contributed by atoms with Crippen molar-refractivity contribution in [3.05, 3.63) is 199 Å². The Balaban J connectivity index is 0.992. The third-order valence-electron chi connectivity index (χ3n) is 12.8. The molecule has 11 aromatic rings. The van der Waals surface area contributed by atoms with Crippen LogP contribution in [0.25, 0.3) is 105 Å². The largest absolute Gasteiger partial charge is 0.307 e. The molecule has 0 aliphatic heterocycles. The highest BCUT2D eigenvalue weighted by Crippen LogP contribution is 2.51. The van der Waals surface area contributed by atoms with Crippen molar-refractivity contribution < 1.29 is 0 Å². The van der Waals surface area contributed by atoms with Gasteiger partial charge in [-0.25, -0.2) is 9.97 Å². The van der Waals surface area contributed by atoms with Crippen molar-refractivity contribution in [2.75, 3.05) is 0 Å². The number of para-hydroxylation sites is 2. The van der Waals surface area contributed by atoms with Crippen LogP contribution < -0.4 is 0 Å². The maximum atomic E-state index is 5.18. The van der Waals surface area contributed by atoms with Crippen molar-refractivity contribution in [1.82, 2.24) is 14.4 Å². The summed E-state index contributed by atoms with van der Waals surface area (Å²) in [6.45, 7) is 6.87. The standard InChI is InChI=1S/C56H39N3/c1-34-23-26-42-43-20-12-22-45-44-21-11-19-41(53(44)59(54(43)45)52(42)29-34)39-18-10-17-37(30-39)38-24-27-48-46(31-38)47-32-40(25-28-49(47)56(48,2)3)55-57-50(35-13-6-4-7-14-35)33-51(58-55)36-15-8-5-9-16-36/h4-33H,1-3H3. The van der Waals surface area contributed by atoms with Crippen LogP contribution in [0.1, 0.15) is 30.5 Å². The highest BCUT2D eigenvalue weighted by molar-refractivity contribution is 6.25. The van der Waals surface area contributed by atoms with E-state index in [4.69, 9.17) is 9.97 Å². The van der Waals surface area contributed by atoms with E-state index in [1.165, 1.54) is 88.2 Å². The minimum Gasteiger partial charge on any atom is -0.307 e. The first-order valence-corrected chi connectivity index (χ1v) is 20.5. The molecule has 0 unspecified atom stereocenters. The van der Waals surface area contributed by atoms with Crippen molar-refractivity contribution >= 4 is 38.1 Å². The molecule has 0 saturated carbocycles. The Kier molecular flexibility index (Phi) is 7.19. The average molecular weight is 754 g/mol. The molecule has 59 heavy (non-hydrogen) atoms. The van der Waals surface area contributed by atoms with Crippen LogP contribution in [0.2, 0.25) is 0 Å². The third kappa shape index (κ3) is 5.08. The fourth-order valence-electron chi connectivity index (χ4n) is 9.91. The first-order chi connectivity index (χ1) is 28.9. The maximum absolute atomic E-state index is 5.18. The molecule has 0 spiro atoms. The van der Waals surface area contributed by atoms with Gasteiger partial charge in [-0.15, -0.1) is 0 Å². The molecule has 0 atom stereocenters. The zero-order chi connectivity index (χ0) is 39.4. The number of rotatable bonds is 5. The van der Waals surface area contributed by atoms with E-state index in [1.54, 1.807) is 0 Å². The molecule has 3 aromatic heterocycles. The van der Waals surface area contributed by atoms with Gasteiger partial charge in [-0.05, 0) is 81.8 Å². The molecule has 12 rings (SSSR count). The Bertz CT molecular complexity index is 3410. The summed E-state index contributed by atoms with van der Waals surface area (Å²) in [5, 5.41) is 5.21. The van der Waals surface area contributed by atoms with E-state index >= 15 is 0 Å². The van der Waals surface area contributed by atoms with Crippen LogP contribution in [0.3, 0.4) is 0 Å². The monoisotopic (exact) mass is 753 g/mol. The predicted molar refractivity (Wildman–Crippen MR) is 246 cm³/mol. The summed E-state index contributed by atoms with van der Waals surface area (Å²) in [5.74, 6) is 0.726. The Morgan fingerprint density at radius 2 is 0.932 bits per heavy atom. The van der Waals surface area contributed by atoms with Gasteiger partial charge in [0.05, 0.1) is 27.9 Å². The van der Waals surface area contributed by atoms with Crippen molar-refractivity contribution in [2.24, 2.45) is 0 Å². The number of fused-ring (bicyclic) bond motifs is 9. The zero-order valence-electron chi connectivity index (χ0n) is 33.2. The zero-order valence-corrected chi connectivity index (χ0v) is 33.2. The molecule has 1 aliphatic carbocycles. The van der Waals surface area contributed by atoms with Gasteiger partial charge in [0.15, 0.2) is 5.82 Å². The van der Waals surface area contributed by atoms with Crippen LogP contribution in [0, 0.1) is 6.92 Å². The summed E-state index contributed by atoms with van der Waals surface area (Å²) in [7, 11) is 0. The molecule has 0 amide bonds. The minimum absolute atomic E-state index is 0.145. The molecular formula is C56H39N3. The van der Waals surface area contributed by atoms with E-state index in [0.29, 0.717) is 0 Å². The molecule has 278 valence electrons. The van der Waals surface area contributed by atoms with E-state index < -0.39 is 0 Å². The third-order valence-corrected chi connectivity index (χ3v) is 12.8. The van der Waals surface area contributed by atoms with E-state index in [-0.39, 0.29) is 5.41 Å². The van der Waals surface area contributed by atoms with Gasteiger partial charge in [0, 0.05) is 49.2 Å². The second-order valence-corrected chi connectivity index (χ2v) is 16.7. The number of aromatic nitrogens is 3. The lowest BCUT2D eigenvalue weighted by Gasteiger charge is -2.21. The van der Waals surface area contributed by atoms with Crippen molar-refractivity contribution in [3.8, 4) is 67.3 Å². The summed E-state index contributed by atoms with van der Waals surface area (Å²) < 4.78 is 2.51. The predicted octanol–water partition coefficient (Wildman–Crippen LogP) is 14.6. The van der Waals surface area contributed by atoms with Gasteiger partial charge in [-0.1, -0.05) is 166 Å². The van der Waals surface area contributed by atoms with Crippen LogP contribution >= 0.6 is 0 Å². The fraction of sp³-hybridized carbons (Fsp3) is 0.0714. The molecule has 1 aliphatic rings. The fourth-order valence-corrected chi connectivity index (χ4v) is 9.91. The molecule has 0 N–H and O–H groups in total. The number of hydrogen-bond acceptors (Lipinski definition) is 2. The van der Waals surface area contributed by atoms with Gasteiger partial charge in [0.2, 0.25) is 0 Å². The quantitative estimate of drug-likeness (QED) is 0.175. The molecule has 0 radical (unpaired) electrons. The van der Waals surface area contributed by atoms with Crippen LogP contribution in [-0.2, 0) is 5.41 Å². The molecule has 0 fully saturated rings. The smallest absolute Gasteiger partial charge is 0.160 e. The molecule has 3 nitrogen and oxygen atoms in total. The lowest BCUT2D eigenvalue weighted by Crippen LogP contribution is -2.14. The summed E-state index contributed by atoms with van der Waals surface area (Å²) in [5.41, 5.74) is 20.0. The van der Waals surface area contributed by atoms with Crippen LogP contribution in [0.5, 0.6) is 0 Å². The Hall–Kier alpha value is -7.36. The van der Waals surface area contributed by atoms with Gasteiger partial charge in [0.25, 0.3) is 0 Å². The van der Waals surface area contributed by atoms with Gasteiger partial charge in [-0.2, -0.15) is 0 Å². The first kappa shape index (κ1) is 33.7. The van der Waals surface area contributed by atoms with E-state index in [2.05, 4.69) is 195 Å². The minimum atomic E-state index is -0.145. The SMILES string of the molecule is Cc1ccc2c3cccc4c5cccc(-c6cccc(-c7ccc8c(c7)-c7cc(-c9nc(-c%10ccccc%10)cc(-c%10ccccc%10)n9)ccc7C8(C)C)c6)c5n(c2c1)c34. The second-order valence-electron chi connectivity index (χ2n) is 16.7. The molecular weight excluding hydrogens is 715 g/mol. The Labute approximate surface area is 343 Å². The second kappa shape index (κ2) is 12.6. The van der Waals surface area contributed by atoms with Gasteiger partial charge in [0.1, 0.15) is 0 Å². The summed E-state index contributed by atoms with van der Waals surface area (Å²) in [4.78, 5) is 10.4. The molecule has 3 heterocycles. The molecule has 0 bridgehead atoms. The highest BCUT2D eigenvalue weighted by Gasteiger charge is 2.36. The summed E-state index contributed by atoms with van der Waals surface area (Å²) in [6, 6.07) is 66.3. The molecule has 3 heteroatoms.